The van der Waals surface area contributed by atoms with Crippen molar-refractivity contribution in [3.8, 4) is 0 Å². The summed E-state index contributed by atoms with van der Waals surface area (Å²) < 4.78 is 1.80. The van der Waals surface area contributed by atoms with E-state index < -0.39 is 0 Å². The molecule has 1 aromatic carbocycles. The topological polar surface area (TPSA) is 74.6 Å². The SMILES string of the molecule is CN=C(NCC(=O)N1CCCc2ccccc21)NCc1ccnn1C. The zero-order valence-corrected chi connectivity index (χ0v) is 14.7. The molecule has 0 aliphatic carbocycles. The van der Waals surface area contributed by atoms with Crippen molar-refractivity contribution >= 4 is 17.6 Å². The van der Waals surface area contributed by atoms with Gasteiger partial charge in [-0.3, -0.25) is 14.5 Å². The van der Waals surface area contributed by atoms with E-state index >= 15 is 0 Å². The Labute approximate surface area is 147 Å². The van der Waals surface area contributed by atoms with Crippen molar-refractivity contribution in [2.45, 2.75) is 19.4 Å². The summed E-state index contributed by atoms with van der Waals surface area (Å²) in [5, 5.41) is 10.4. The molecule has 0 atom stereocenters. The van der Waals surface area contributed by atoms with Crippen LogP contribution in [0.2, 0.25) is 0 Å². The molecule has 0 fully saturated rings. The highest BCUT2D eigenvalue weighted by atomic mass is 16.2. The summed E-state index contributed by atoms with van der Waals surface area (Å²) >= 11 is 0. The van der Waals surface area contributed by atoms with Crippen molar-refractivity contribution in [3.05, 3.63) is 47.8 Å². The predicted molar refractivity (Wildman–Crippen MR) is 98.5 cm³/mol. The molecule has 25 heavy (non-hydrogen) atoms. The van der Waals surface area contributed by atoms with Gasteiger partial charge in [-0.1, -0.05) is 18.2 Å². The first-order chi connectivity index (χ1) is 12.2. The number of benzene rings is 1. The van der Waals surface area contributed by atoms with Gasteiger partial charge in [0.1, 0.15) is 0 Å². The third-order valence-corrected chi connectivity index (χ3v) is 4.40. The molecule has 2 heterocycles. The molecular formula is C18H24N6O. The van der Waals surface area contributed by atoms with Gasteiger partial charge in [0.05, 0.1) is 18.8 Å². The van der Waals surface area contributed by atoms with E-state index in [1.54, 1.807) is 17.9 Å². The molecule has 0 saturated carbocycles. The van der Waals surface area contributed by atoms with E-state index in [9.17, 15) is 4.79 Å². The average Bonchev–Trinajstić information content (AvgIpc) is 3.06. The van der Waals surface area contributed by atoms with Crippen molar-refractivity contribution < 1.29 is 4.79 Å². The van der Waals surface area contributed by atoms with E-state index in [0.717, 1.165) is 30.8 Å². The summed E-state index contributed by atoms with van der Waals surface area (Å²) in [6.45, 7) is 1.56. The fourth-order valence-electron chi connectivity index (χ4n) is 3.02. The number of aliphatic imine (C=N–C) groups is 1. The fraction of sp³-hybridized carbons (Fsp3) is 0.389. The maximum absolute atomic E-state index is 12.6. The Morgan fingerprint density at radius 1 is 1.28 bits per heavy atom. The molecule has 7 heteroatoms. The van der Waals surface area contributed by atoms with Gasteiger partial charge in [-0.05, 0) is 30.5 Å². The van der Waals surface area contributed by atoms with Gasteiger partial charge in [0, 0.05) is 32.5 Å². The van der Waals surface area contributed by atoms with Crippen LogP contribution in [0, 0.1) is 0 Å². The Morgan fingerprint density at radius 3 is 2.88 bits per heavy atom. The van der Waals surface area contributed by atoms with Crippen molar-refractivity contribution in [2.24, 2.45) is 12.0 Å². The minimum absolute atomic E-state index is 0.0515. The number of carbonyl (C=O) groups excluding carboxylic acids is 1. The number of nitrogens with zero attached hydrogens (tertiary/aromatic N) is 4. The lowest BCUT2D eigenvalue weighted by atomic mass is 10.0. The second kappa shape index (κ2) is 7.83. The molecule has 2 aromatic rings. The first-order valence-electron chi connectivity index (χ1n) is 8.48. The number of amides is 1. The number of carbonyl (C=O) groups is 1. The van der Waals surface area contributed by atoms with E-state index in [1.165, 1.54) is 5.56 Å². The van der Waals surface area contributed by atoms with Gasteiger partial charge < -0.3 is 15.5 Å². The lowest BCUT2D eigenvalue weighted by molar-refractivity contribution is -0.117. The van der Waals surface area contributed by atoms with Crippen LogP contribution in [0.1, 0.15) is 17.7 Å². The van der Waals surface area contributed by atoms with Crippen LogP contribution in [-0.2, 0) is 24.8 Å². The van der Waals surface area contributed by atoms with Crippen molar-refractivity contribution in [3.63, 3.8) is 0 Å². The van der Waals surface area contributed by atoms with Crippen molar-refractivity contribution in [1.82, 2.24) is 20.4 Å². The summed E-state index contributed by atoms with van der Waals surface area (Å²) in [5.74, 6) is 0.649. The van der Waals surface area contributed by atoms with Crippen LogP contribution in [0.15, 0.2) is 41.5 Å². The lowest BCUT2D eigenvalue weighted by Gasteiger charge is -2.29. The molecule has 1 aromatic heterocycles. The maximum Gasteiger partial charge on any atom is 0.246 e. The maximum atomic E-state index is 12.6. The molecule has 1 aliphatic rings. The number of aryl methyl sites for hydroxylation is 2. The number of para-hydroxylation sites is 1. The van der Waals surface area contributed by atoms with E-state index in [1.807, 2.05) is 36.2 Å². The molecule has 0 unspecified atom stereocenters. The van der Waals surface area contributed by atoms with Gasteiger partial charge in [0.25, 0.3) is 0 Å². The molecule has 132 valence electrons. The Kier molecular flexibility index (Phi) is 5.33. The Balaban J connectivity index is 1.55. The van der Waals surface area contributed by atoms with E-state index in [2.05, 4.69) is 26.8 Å². The minimum atomic E-state index is 0.0515. The van der Waals surface area contributed by atoms with Crippen LogP contribution in [0.5, 0.6) is 0 Å². The Morgan fingerprint density at radius 2 is 2.12 bits per heavy atom. The highest BCUT2D eigenvalue weighted by Gasteiger charge is 2.21. The van der Waals surface area contributed by atoms with Gasteiger partial charge in [-0.2, -0.15) is 5.10 Å². The molecule has 0 spiro atoms. The predicted octanol–water partition coefficient (Wildman–Crippen LogP) is 1.06. The van der Waals surface area contributed by atoms with Crippen LogP contribution in [0.3, 0.4) is 0 Å². The number of nitrogens with one attached hydrogen (secondary N) is 2. The monoisotopic (exact) mass is 340 g/mol. The van der Waals surface area contributed by atoms with Gasteiger partial charge in [-0.15, -0.1) is 0 Å². The van der Waals surface area contributed by atoms with Crippen LogP contribution < -0.4 is 15.5 Å². The number of hydrogen-bond donors (Lipinski definition) is 2. The summed E-state index contributed by atoms with van der Waals surface area (Å²) in [4.78, 5) is 18.7. The highest BCUT2D eigenvalue weighted by Crippen LogP contribution is 2.26. The summed E-state index contributed by atoms with van der Waals surface area (Å²) in [6, 6.07) is 10.1. The Bertz CT molecular complexity index is 766. The number of hydrogen-bond acceptors (Lipinski definition) is 3. The summed E-state index contributed by atoms with van der Waals surface area (Å²) in [5.41, 5.74) is 3.30. The van der Waals surface area contributed by atoms with Crippen molar-refractivity contribution in [2.75, 3.05) is 25.0 Å². The molecule has 0 radical (unpaired) electrons. The number of fused-ring (bicyclic) bond motifs is 1. The first-order valence-corrected chi connectivity index (χ1v) is 8.48. The smallest absolute Gasteiger partial charge is 0.246 e. The van der Waals surface area contributed by atoms with Gasteiger partial charge in [0.2, 0.25) is 5.91 Å². The molecule has 7 nitrogen and oxygen atoms in total. The normalized spacial score (nSPS) is 14.2. The van der Waals surface area contributed by atoms with Gasteiger partial charge in [0.15, 0.2) is 5.96 Å². The highest BCUT2D eigenvalue weighted by molar-refractivity contribution is 5.98. The zero-order valence-electron chi connectivity index (χ0n) is 14.7. The third kappa shape index (κ3) is 3.99. The zero-order chi connectivity index (χ0) is 17.6. The summed E-state index contributed by atoms with van der Waals surface area (Å²) in [7, 11) is 3.59. The molecule has 0 saturated heterocycles. The molecule has 1 aliphatic heterocycles. The molecular weight excluding hydrogens is 316 g/mol. The first kappa shape index (κ1) is 17.0. The number of aromatic nitrogens is 2. The molecule has 3 rings (SSSR count). The van der Waals surface area contributed by atoms with Crippen LogP contribution in [0.25, 0.3) is 0 Å². The minimum Gasteiger partial charge on any atom is -0.351 e. The third-order valence-electron chi connectivity index (χ3n) is 4.40. The largest absolute Gasteiger partial charge is 0.351 e. The van der Waals surface area contributed by atoms with E-state index in [0.29, 0.717) is 12.5 Å². The molecule has 1 amide bonds. The fourth-order valence-corrected chi connectivity index (χ4v) is 3.02. The van der Waals surface area contributed by atoms with E-state index in [-0.39, 0.29) is 12.5 Å². The van der Waals surface area contributed by atoms with Crippen molar-refractivity contribution in [1.29, 1.82) is 0 Å². The number of anilines is 1. The van der Waals surface area contributed by atoms with Crippen LogP contribution >= 0.6 is 0 Å². The molecule has 2 N–H and O–H groups in total. The van der Waals surface area contributed by atoms with Crippen LogP contribution in [-0.4, -0.2) is 41.8 Å². The number of guanidine groups is 1. The van der Waals surface area contributed by atoms with Gasteiger partial charge >= 0.3 is 0 Å². The van der Waals surface area contributed by atoms with Crippen LogP contribution in [0.4, 0.5) is 5.69 Å². The van der Waals surface area contributed by atoms with E-state index in [4.69, 9.17) is 0 Å². The standard InChI is InChI=1S/C18H24N6O/c1-19-18(20-12-15-9-10-22-23(15)2)21-13-17(25)24-11-5-7-14-6-3-4-8-16(14)24/h3-4,6,8-10H,5,7,11-13H2,1-2H3,(H2,19,20,21). The van der Waals surface area contributed by atoms with Gasteiger partial charge in [-0.25, -0.2) is 0 Å². The second-order valence-electron chi connectivity index (χ2n) is 6.00. The quantitative estimate of drug-likeness (QED) is 0.645. The molecule has 0 bridgehead atoms. The lowest BCUT2D eigenvalue weighted by Crippen LogP contribution is -2.46. The Hall–Kier alpha value is -2.83. The average molecular weight is 340 g/mol. The summed E-state index contributed by atoms with van der Waals surface area (Å²) in [6.07, 6.45) is 3.78. The number of rotatable bonds is 4. The second-order valence-corrected chi connectivity index (χ2v) is 6.00.